The molecule has 2 aromatic carbocycles. The van der Waals surface area contributed by atoms with Crippen molar-refractivity contribution in [1.82, 2.24) is 10.6 Å². The van der Waals surface area contributed by atoms with Gasteiger partial charge in [0.05, 0.1) is 0 Å². The molecule has 0 bridgehead atoms. The minimum atomic E-state index is -0.493. The first-order chi connectivity index (χ1) is 10.6. The van der Waals surface area contributed by atoms with Crippen molar-refractivity contribution in [1.29, 1.82) is 0 Å². The summed E-state index contributed by atoms with van der Waals surface area (Å²) in [5.41, 5.74) is 0.410. The van der Waals surface area contributed by atoms with Gasteiger partial charge in [0, 0.05) is 24.2 Å². The molecule has 6 heteroatoms. The summed E-state index contributed by atoms with van der Waals surface area (Å²) in [4.78, 5) is 23.4. The van der Waals surface area contributed by atoms with E-state index in [0.29, 0.717) is 0 Å². The van der Waals surface area contributed by atoms with Crippen LogP contribution in [-0.2, 0) is 0 Å². The van der Waals surface area contributed by atoms with Crippen molar-refractivity contribution in [2.45, 2.75) is 0 Å². The van der Waals surface area contributed by atoms with E-state index in [-0.39, 0.29) is 24.2 Å². The smallest absolute Gasteiger partial charge is 0.251 e. The fraction of sp³-hybridized carbons (Fsp3) is 0.125. The molecule has 0 fully saturated rings. The number of hydrogen-bond donors (Lipinski definition) is 2. The van der Waals surface area contributed by atoms with E-state index in [2.05, 4.69) is 10.6 Å². The molecule has 0 aromatic heterocycles. The van der Waals surface area contributed by atoms with Gasteiger partial charge in [-0.05, 0) is 36.4 Å². The van der Waals surface area contributed by atoms with Gasteiger partial charge in [0.25, 0.3) is 11.8 Å². The van der Waals surface area contributed by atoms with E-state index in [1.54, 1.807) is 0 Å². The number of carbonyl (C=O) groups is 2. The Morgan fingerprint density at radius 1 is 0.773 bits per heavy atom. The Balaban J connectivity index is 1.77. The quantitative estimate of drug-likeness (QED) is 0.831. The monoisotopic (exact) mass is 304 g/mol. The SMILES string of the molecule is O=C(NCCNC(=O)c1cccc(F)c1)c1cccc(F)c1. The molecule has 114 valence electrons. The fourth-order valence-electron chi connectivity index (χ4n) is 1.82. The summed E-state index contributed by atoms with van der Waals surface area (Å²) >= 11 is 0. The van der Waals surface area contributed by atoms with Gasteiger partial charge in [-0.2, -0.15) is 0 Å². The van der Waals surface area contributed by atoms with Crippen LogP contribution in [0.3, 0.4) is 0 Å². The molecule has 0 aliphatic rings. The first-order valence-corrected chi connectivity index (χ1v) is 6.64. The largest absolute Gasteiger partial charge is 0.350 e. The number of rotatable bonds is 5. The van der Waals surface area contributed by atoms with Crippen LogP contribution >= 0.6 is 0 Å². The van der Waals surface area contributed by atoms with Crippen LogP contribution in [0.4, 0.5) is 8.78 Å². The highest BCUT2D eigenvalue weighted by Crippen LogP contribution is 2.03. The number of halogens is 2. The normalized spacial score (nSPS) is 10.1. The minimum Gasteiger partial charge on any atom is -0.350 e. The fourth-order valence-corrected chi connectivity index (χ4v) is 1.82. The van der Waals surface area contributed by atoms with Crippen molar-refractivity contribution >= 4 is 11.8 Å². The second-order valence-electron chi connectivity index (χ2n) is 4.53. The Morgan fingerprint density at radius 2 is 1.18 bits per heavy atom. The highest BCUT2D eigenvalue weighted by molar-refractivity contribution is 5.95. The molecule has 2 aromatic rings. The van der Waals surface area contributed by atoms with Crippen molar-refractivity contribution in [3.05, 3.63) is 71.3 Å². The summed E-state index contributed by atoms with van der Waals surface area (Å²) in [5.74, 6) is -1.85. The lowest BCUT2D eigenvalue weighted by atomic mass is 10.2. The standard InChI is InChI=1S/C16H14F2N2O2/c17-13-5-1-3-11(9-13)15(21)19-7-8-20-16(22)12-4-2-6-14(18)10-12/h1-6,9-10H,7-8H2,(H,19,21)(H,20,22). The maximum absolute atomic E-state index is 13.0. The van der Waals surface area contributed by atoms with Crippen LogP contribution in [-0.4, -0.2) is 24.9 Å². The zero-order valence-electron chi connectivity index (χ0n) is 11.6. The number of hydrogen-bond acceptors (Lipinski definition) is 2. The summed E-state index contributed by atoms with van der Waals surface area (Å²) in [6.45, 7) is 0.354. The molecule has 0 radical (unpaired) electrons. The van der Waals surface area contributed by atoms with Crippen LogP contribution < -0.4 is 10.6 Å². The molecule has 0 spiro atoms. The molecule has 0 aliphatic heterocycles. The molecule has 2 N–H and O–H groups in total. The Morgan fingerprint density at radius 3 is 1.55 bits per heavy atom. The Bertz CT molecular complexity index is 630. The number of amides is 2. The van der Waals surface area contributed by atoms with Gasteiger partial charge in [-0.25, -0.2) is 8.78 Å². The molecule has 0 unspecified atom stereocenters. The highest BCUT2D eigenvalue weighted by Gasteiger charge is 2.07. The second-order valence-corrected chi connectivity index (χ2v) is 4.53. The molecule has 0 aliphatic carbocycles. The van der Waals surface area contributed by atoms with Crippen molar-refractivity contribution in [2.75, 3.05) is 13.1 Å². The summed E-state index contributed by atoms with van der Waals surface area (Å²) in [5, 5.41) is 5.10. The molecule has 0 heterocycles. The number of carbonyl (C=O) groups excluding carboxylic acids is 2. The van der Waals surface area contributed by atoms with Crippen molar-refractivity contribution in [3.8, 4) is 0 Å². The maximum Gasteiger partial charge on any atom is 0.251 e. The van der Waals surface area contributed by atoms with Crippen LogP contribution in [0.2, 0.25) is 0 Å². The van der Waals surface area contributed by atoms with Gasteiger partial charge < -0.3 is 10.6 Å². The van der Waals surface area contributed by atoms with Gasteiger partial charge in [-0.1, -0.05) is 12.1 Å². The van der Waals surface area contributed by atoms with Gasteiger partial charge >= 0.3 is 0 Å². The van der Waals surface area contributed by atoms with E-state index in [4.69, 9.17) is 0 Å². The summed E-state index contributed by atoms with van der Waals surface area (Å²) in [6.07, 6.45) is 0. The van der Waals surface area contributed by atoms with Crippen molar-refractivity contribution < 1.29 is 18.4 Å². The molecule has 22 heavy (non-hydrogen) atoms. The molecule has 0 saturated carbocycles. The topological polar surface area (TPSA) is 58.2 Å². The van der Waals surface area contributed by atoms with E-state index in [9.17, 15) is 18.4 Å². The first kappa shape index (κ1) is 15.6. The van der Waals surface area contributed by atoms with Crippen LogP contribution in [0.5, 0.6) is 0 Å². The molecule has 0 saturated heterocycles. The van der Waals surface area contributed by atoms with Crippen molar-refractivity contribution in [3.63, 3.8) is 0 Å². The summed E-state index contributed by atoms with van der Waals surface area (Å²) < 4.78 is 25.9. The van der Waals surface area contributed by atoms with E-state index in [0.717, 1.165) is 12.1 Å². The average Bonchev–Trinajstić information content (AvgIpc) is 2.51. The molecule has 0 atom stereocenters. The van der Waals surface area contributed by atoms with E-state index in [1.807, 2.05) is 0 Å². The lowest BCUT2D eigenvalue weighted by Gasteiger charge is -2.07. The Kier molecular flexibility index (Phi) is 5.19. The number of benzene rings is 2. The minimum absolute atomic E-state index is 0.177. The number of nitrogens with one attached hydrogen (secondary N) is 2. The van der Waals surface area contributed by atoms with Gasteiger partial charge in [-0.15, -0.1) is 0 Å². The second kappa shape index (κ2) is 7.31. The maximum atomic E-state index is 13.0. The summed E-state index contributed by atoms with van der Waals surface area (Å²) in [7, 11) is 0. The highest BCUT2D eigenvalue weighted by atomic mass is 19.1. The van der Waals surface area contributed by atoms with E-state index in [1.165, 1.54) is 36.4 Å². The van der Waals surface area contributed by atoms with Crippen LogP contribution in [0.25, 0.3) is 0 Å². The zero-order valence-corrected chi connectivity index (χ0v) is 11.6. The van der Waals surface area contributed by atoms with E-state index >= 15 is 0 Å². The molecular weight excluding hydrogens is 290 g/mol. The van der Waals surface area contributed by atoms with E-state index < -0.39 is 23.4 Å². The zero-order chi connectivity index (χ0) is 15.9. The summed E-state index contributed by atoms with van der Waals surface area (Å²) in [6, 6.07) is 10.6. The third-order valence-electron chi connectivity index (χ3n) is 2.87. The predicted molar refractivity (Wildman–Crippen MR) is 77.5 cm³/mol. The van der Waals surface area contributed by atoms with Gasteiger partial charge in [0.15, 0.2) is 0 Å². The molecule has 4 nitrogen and oxygen atoms in total. The van der Waals surface area contributed by atoms with Crippen LogP contribution in [0.15, 0.2) is 48.5 Å². The average molecular weight is 304 g/mol. The third-order valence-corrected chi connectivity index (χ3v) is 2.87. The molecule has 2 rings (SSSR count). The lowest BCUT2D eigenvalue weighted by Crippen LogP contribution is -2.34. The molecular formula is C16H14F2N2O2. The van der Waals surface area contributed by atoms with Crippen LogP contribution in [0, 0.1) is 11.6 Å². The van der Waals surface area contributed by atoms with Crippen molar-refractivity contribution in [2.24, 2.45) is 0 Å². The Hall–Kier alpha value is -2.76. The van der Waals surface area contributed by atoms with Gasteiger partial charge in [-0.3, -0.25) is 9.59 Å². The lowest BCUT2D eigenvalue weighted by molar-refractivity contribution is 0.0927. The third kappa shape index (κ3) is 4.37. The first-order valence-electron chi connectivity index (χ1n) is 6.64. The molecule has 2 amide bonds. The predicted octanol–water partition coefficient (Wildman–Crippen LogP) is 2.12. The Labute approximate surface area is 126 Å². The van der Waals surface area contributed by atoms with Crippen LogP contribution in [0.1, 0.15) is 20.7 Å². The van der Waals surface area contributed by atoms with Gasteiger partial charge in [0.2, 0.25) is 0 Å². The van der Waals surface area contributed by atoms with Gasteiger partial charge in [0.1, 0.15) is 11.6 Å².